The number of phenolic OH excluding ortho intramolecular Hbond substituents is 1. The molecule has 0 aromatic heterocycles. The van der Waals surface area contributed by atoms with E-state index < -0.39 is 10.0 Å². The zero-order valence-electron chi connectivity index (χ0n) is 10.5. The summed E-state index contributed by atoms with van der Waals surface area (Å²) in [6, 6.07) is 12.8. The molecule has 0 aliphatic heterocycles. The Labute approximate surface area is 112 Å². The van der Waals surface area contributed by atoms with Crippen molar-refractivity contribution in [2.75, 3.05) is 4.72 Å². The van der Waals surface area contributed by atoms with Crippen molar-refractivity contribution in [1.82, 2.24) is 0 Å². The minimum atomic E-state index is -3.67. The van der Waals surface area contributed by atoms with Crippen molar-refractivity contribution in [2.45, 2.75) is 18.2 Å². The summed E-state index contributed by atoms with van der Waals surface area (Å²) in [5.41, 5.74) is 1.57. The third-order valence-electron chi connectivity index (χ3n) is 2.72. The summed E-state index contributed by atoms with van der Waals surface area (Å²) in [4.78, 5) is 0.0365. The maximum atomic E-state index is 12.1. The average Bonchev–Trinajstić information content (AvgIpc) is 2.38. The first-order valence-electron chi connectivity index (χ1n) is 5.92. The average molecular weight is 277 g/mol. The quantitative estimate of drug-likeness (QED) is 0.903. The zero-order valence-corrected chi connectivity index (χ0v) is 11.3. The van der Waals surface area contributed by atoms with Crippen molar-refractivity contribution in [3.05, 3.63) is 54.1 Å². The number of benzene rings is 2. The molecule has 2 aromatic carbocycles. The van der Waals surface area contributed by atoms with Gasteiger partial charge in [-0.05, 0) is 36.2 Å². The minimum absolute atomic E-state index is 0.0365. The lowest BCUT2D eigenvalue weighted by Gasteiger charge is -2.09. The van der Waals surface area contributed by atoms with Crippen molar-refractivity contribution in [3.63, 3.8) is 0 Å². The van der Waals surface area contributed by atoms with Crippen LogP contribution in [0.4, 0.5) is 5.69 Å². The van der Waals surface area contributed by atoms with E-state index in [4.69, 9.17) is 0 Å². The van der Waals surface area contributed by atoms with E-state index in [-0.39, 0.29) is 10.6 Å². The van der Waals surface area contributed by atoms with Crippen LogP contribution in [0.1, 0.15) is 12.5 Å². The number of rotatable bonds is 4. The molecule has 0 saturated carbocycles. The Balaban J connectivity index is 2.31. The molecule has 19 heavy (non-hydrogen) atoms. The van der Waals surface area contributed by atoms with E-state index in [1.165, 1.54) is 24.3 Å². The van der Waals surface area contributed by atoms with E-state index in [2.05, 4.69) is 4.72 Å². The van der Waals surface area contributed by atoms with Gasteiger partial charge in [0, 0.05) is 11.8 Å². The molecule has 0 aliphatic rings. The monoisotopic (exact) mass is 277 g/mol. The first-order valence-corrected chi connectivity index (χ1v) is 7.40. The summed E-state index contributed by atoms with van der Waals surface area (Å²) >= 11 is 0. The third-order valence-corrected chi connectivity index (χ3v) is 4.09. The smallest absolute Gasteiger partial charge is 0.262 e. The highest BCUT2D eigenvalue weighted by molar-refractivity contribution is 7.92. The number of aryl methyl sites for hydroxylation is 1. The Morgan fingerprint density at radius 3 is 2.53 bits per heavy atom. The third kappa shape index (κ3) is 3.26. The second-order valence-electron chi connectivity index (χ2n) is 4.16. The van der Waals surface area contributed by atoms with Gasteiger partial charge in [-0.2, -0.15) is 0 Å². The van der Waals surface area contributed by atoms with E-state index in [0.29, 0.717) is 5.69 Å². The molecule has 100 valence electrons. The maximum Gasteiger partial charge on any atom is 0.262 e. The molecule has 2 rings (SSSR count). The second-order valence-corrected chi connectivity index (χ2v) is 5.84. The van der Waals surface area contributed by atoms with Gasteiger partial charge >= 0.3 is 0 Å². The van der Waals surface area contributed by atoms with Crippen LogP contribution in [0.5, 0.6) is 5.75 Å². The van der Waals surface area contributed by atoms with Crippen LogP contribution in [0.2, 0.25) is 0 Å². The van der Waals surface area contributed by atoms with Gasteiger partial charge in [-0.25, -0.2) is 8.42 Å². The predicted molar refractivity (Wildman–Crippen MR) is 74.7 cm³/mol. The molecule has 0 radical (unpaired) electrons. The van der Waals surface area contributed by atoms with Crippen molar-refractivity contribution >= 4 is 15.7 Å². The van der Waals surface area contributed by atoms with Crippen molar-refractivity contribution < 1.29 is 13.5 Å². The second kappa shape index (κ2) is 5.32. The first-order chi connectivity index (χ1) is 9.01. The molecule has 2 aromatic rings. The van der Waals surface area contributed by atoms with Gasteiger partial charge in [0.15, 0.2) is 0 Å². The van der Waals surface area contributed by atoms with Crippen LogP contribution in [0.3, 0.4) is 0 Å². The molecule has 0 saturated heterocycles. The highest BCUT2D eigenvalue weighted by Gasteiger charge is 2.14. The molecular formula is C14H15NO3S. The van der Waals surface area contributed by atoms with Gasteiger partial charge in [0.05, 0.1) is 4.90 Å². The van der Waals surface area contributed by atoms with Gasteiger partial charge < -0.3 is 5.11 Å². The van der Waals surface area contributed by atoms with E-state index in [1.807, 2.05) is 13.0 Å². The zero-order chi connectivity index (χ0) is 13.9. The topological polar surface area (TPSA) is 66.4 Å². The number of anilines is 1. The lowest BCUT2D eigenvalue weighted by Crippen LogP contribution is -2.12. The highest BCUT2D eigenvalue weighted by Crippen LogP contribution is 2.20. The Morgan fingerprint density at radius 2 is 1.84 bits per heavy atom. The van der Waals surface area contributed by atoms with Crippen molar-refractivity contribution in [3.8, 4) is 5.75 Å². The summed E-state index contributed by atoms with van der Waals surface area (Å²) < 4.78 is 26.8. The fraction of sp³-hybridized carbons (Fsp3) is 0.143. The molecule has 0 spiro atoms. The van der Waals surface area contributed by atoms with Crippen molar-refractivity contribution in [1.29, 1.82) is 0 Å². The van der Waals surface area contributed by atoms with Gasteiger partial charge in [0.1, 0.15) is 5.75 Å². The molecule has 2 N–H and O–H groups in total. The molecule has 0 bridgehead atoms. The van der Waals surface area contributed by atoms with Crippen LogP contribution in [-0.2, 0) is 16.4 Å². The Hall–Kier alpha value is -2.01. The fourth-order valence-electron chi connectivity index (χ4n) is 1.72. The molecular weight excluding hydrogens is 262 g/mol. The molecule has 0 fully saturated rings. The Bertz CT molecular complexity index is 681. The van der Waals surface area contributed by atoms with Gasteiger partial charge in [0.2, 0.25) is 0 Å². The van der Waals surface area contributed by atoms with E-state index in [1.54, 1.807) is 18.2 Å². The van der Waals surface area contributed by atoms with Crippen LogP contribution in [0, 0.1) is 0 Å². The summed E-state index contributed by atoms with van der Waals surface area (Å²) in [5, 5.41) is 9.33. The predicted octanol–water partition coefficient (Wildman–Crippen LogP) is 2.76. The van der Waals surface area contributed by atoms with Crippen molar-refractivity contribution in [2.24, 2.45) is 0 Å². The summed E-state index contributed by atoms with van der Waals surface area (Å²) in [6.45, 7) is 2.00. The van der Waals surface area contributed by atoms with Gasteiger partial charge in [-0.15, -0.1) is 0 Å². The molecule has 0 amide bonds. The van der Waals surface area contributed by atoms with Crippen LogP contribution in [-0.4, -0.2) is 13.5 Å². The number of aromatic hydroxyl groups is 1. The van der Waals surface area contributed by atoms with E-state index in [9.17, 15) is 13.5 Å². The fourth-order valence-corrected chi connectivity index (χ4v) is 2.81. The molecule has 5 heteroatoms. The maximum absolute atomic E-state index is 12.1. The number of phenols is 1. The Kier molecular flexibility index (Phi) is 3.76. The molecule has 0 heterocycles. The van der Waals surface area contributed by atoms with Gasteiger partial charge in [-0.1, -0.05) is 25.1 Å². The normalized spacial score (nSPS) is 11.2. The van der Waals surface area contributed by atoms with E-state index in [0.717, 1.165) is 12.0 Å². The lowest BCUT2D eigenvalue weighted by atomic mass is 10.1. The minimum Gasteiger partial charge on any atom is -0.508 e. The number of sulfonamides is 1. The number of hydrogen-bond acceptors (Lipinski definition) is 3. The molecule has 0 unspecified atom stereocenters. The first kappa shape index (κ1) is 13.4. The number of nitrogens with one attached hydrogen (secondary N) is 1. The molecule has 0 aliphatic carbocycles. The standard InChI is InChI=1S/C14H15NO3S/c1-2-11-5-3-6-12(9-11)15-19(17,18)14-8-4-7-13(16)10-14/h3-10,15-16H,2H2,1H3. The van der Waals surface area contributed by atoms with Crippen LogP contribution >= 0.6 is 0 Å². The van der Waals surface area contributed by atoms with Crippen LogP contribution < -0.4 is 4.72 Å². The largest absolute Gasteiger partial charge is 0.508 e. The molecule has 0 atom stereocenters. The summed E-state index contributed by atoms with van der Waals surface area (Å²) in [7, 11) is -3.67. The summed E-state index contributed by atoms with van der Waals surface area (Å²) in [6.07, 6.45) is 0.835. The summed E-state index contributed by atoms with van der Waals surface area (Å²) in [5.74, 6) is -0.0785. The van der Waals surface area contributed by atoms with Crippen LogP contribution in [0.15, 0.2) is 53.4 Å². The van der Waals surface area contributed by atoms with Gasteiger partial charge in [0.25, 0.3) is 10.0 Å². The van der Waals surface area contributed by atoms with E-state index >= 15 is 0 Å². The lowest BCUT2D eigenvalue weighted by molar-refractivity contribution is 0.473. The van der Waals surface area contributed by atoms with Crippen LogP contribution in [0.25, 0.3) is 0 Å². The SMILES string of the molecule is CCc1cccc(NS(=O)(=O)c2cccc(O)c2)c1. The Morgan fingerprint density at radius 1 is 1.11 bits per heavy atom. The number of hydrogen-bond donors (Lipinski definition) is 2. The molecule has 4 nitrogen and oxygen atoms in total. The van der Waals surface area contributed by atoms with Gasteiger partial charge in [-0.3, -0.25) is 4.72 Å². The highest BCUT2D eigenvalue weighted by atomic mass is 32.2.